The molecule has 0 aromatic heterocycles. The molecule has 1 amide bonds. The fourth-order valence-electron chi connectivity index (χ4n) is 4.17. The van der Waals surface area contributed by atoms with E-state index in [0.717, 1.165) is 55.5 Å². The number of benzene rings is 2. The number of rotatable bonds is 7. The molecular weight excluding hydrogens is 533 g/mol. The molecule has 0 aliphatic carbocycles. The Bertz CT molecular complexity index is 984. The summed E-state index contributed by atoms with van der Waals surface area (Å²) < 4.78 is 10.8. The maximum Gasteiger partial charge on any atom is 0.231 e. The first kappa shape index (κ1) is 25.1. The van der Waals surface area contributed by atoms with Crippen LogP contribution in [-0.2, 0) is 24.4 Å². The second kappa shape index (κ2) is 12.1. The lowest BCUT2D eigenvalue weighted by Gasteiger charge is -2.31. The number of likely N-dealkylation sites (tertiary alicyclic amines) is 1. The fourth-order valence-corrected chi connectivity index (χ4v) is 4.17. The predicted octanol–water partition coefficient (Wildman–Crippen LogP) is 2.60. The summed E-state index contributed by atoms with van der Waals surface area (Å²) in [5.74, 6) is 2.07. The monoisotopic (exact) mass is 565 g/mol. The number of ether oxygens (including phenoxy) is 2. The minimum atomic E-state index is -0.188. The Kier molecular flexibility index (Phi) is 9.19. The maximum atomic E-state index is 11.5. The van der Waals surface area contributed by atoms with E-state index in [1.165, 1.54) is 11.1 Å². The number of hydrogen-bond donors (Lipinski definition) is 3. The number of nitrogens with two attached hydrogens (primary N) is 1. The van der Waals surface area contributed by atoms with Crippen molar-refractivity contribution in [1.82, 2.24) is 15.5 Å². The Labute approximate surface area is 211 Å². The second-order valence-corrected chi connectivity index (χ2v) is 8.26. The predicted molar refractivity (Wildman–Crippen MR) is 139 cm³/mol. The number of aliphatic imine (C=N–C) groups is 1. The van der Waals surface area contributed by atoms with Crippen LogP contribution in [0.15, 0.2) is 47.5 Å². The van der Waals surface area contributed by atoms with E-state index in [1.807, 2.05) is 18.2 Å². The van der Waals surface area contributed by atoms with Crippen LogP contribution in [0.25, 0.3) is 0 Å². The van der Waals surface area contributed by atoms with Crippen LogP contribution in [0.1, 0.15) is 29.5 Å². The van der Waals surface area contributed by atoms with Gasteiger partial charge in [-0.3, -0.25) is 14.7 Å². The lowest BCUT2D eigenvalue weighted by molar-refractivity contribution is -0.123. The molecule has 178 valence electrons. The number of nitrogens with zero attached hydrogens (tertiary/aromatic N) is 2. The van der Waals surface area contributed by atoms with E-state index in [4.69, 9.17) is 15.2 Å². The number of amides is 1. The van der Waals surface area contributed by atoms with Crippen molar-refractivity contribution in [2.24, 2.45) is 16.6 Å². The van der Waals surface area contributed by atoms with Crippen LogP contribution in [-0.4, -0.2) is 43.7 Å². The molecule has 1 fully saturated rings. The van der Waals surface area contributed by atoms with E-state index in [2.05, 4.69) is 44.8 Å². The molecule has 4 N–H and O–H groups in total. The Hall–Kier alpha value is -2.53. The van der Waals surface area contributed by atoms with Crippen LogP contribution < -0.4 is 25.8 Å². The molecule has 2 heterocycles. The van der Waals surface area contributed by atoms with Gasteiger partial charge in [-0.05, 0) is 48.2 Å². The minimum Gasteiger partial charge on any atom is -0.454 e. The van der Waals surface area contributed by atoms with E-state index < -0.39 is 0 Å². The number of nitrogens with one attached hydrogen (secondary N) is 2. The van der Waals surface area contributed by atoms with Gasteiger partial charge in [-0.2, -0.15) is 0 Å². The summed E-state index contributed by atoms with van der Waals surface area (Å²) in [6.45, 7) is 4.15. The van der Waals surface area contributed by atoms with Gasteiger partial charge >= 0.3 is 0 Å². The number of halogens is 1. The number of guanidine groups is 1. The molecule has 0 radical (unpaired) electrons. The van der Waals surface area contributed by atoms with Gasteiger partial charge < -0.3 is 25.8 Å². The van der Waals surface area contributed by atoms with E-state index in [1.54, 1.807) is 7.05 Å². The molecule has 2 aliphatic heterocycles. The van der Waals surface area contributed by atoms with E-state index in [-0.39, 0.29) is 42.6 Å². The topological polar surface area (TPSA) is 101 Å². The quantitative estimate of drug-likeness (QED) is 0.271. The second-order valence-electron chi connectivity index (χ2n) is 8.26. The van der Waals surface area contributed by atoms with Crippen molar-refractivity contribution < 1.29 is 14.3 Å². The van der Waals surface area contributed by atoms with Gasteiger partial charge in [0.25, 0.3) is 0 Å². The van der Waals surface area contributed by atoms with Crippen molar-refractivity contribution in [2.75, 3.05) is 26.9 Å². The first-order valence-corrected chi connectivity index (χ1v) is 11.0. The summed E-state index contributed by atoms with van der Waals surface area (Å²) in [4.78, 5) is 18.2. The summed E-state index contributed by atoms with van der Waals surface area (Å²) >= 11 is 0. The summed E-state index contributed by atoms with van der Waals surface area (Å²) in [7, 11) is 1.76. The average Bonchev–Trinajstić information content (AvgIpc) is 3.27. The van der Waals surface area contributed by atoms with Gasteiger partial charge in [-0.25, -0.2) is 0 Å². The van der Waals surface area contributed by atoms with Crippen LogP contribution in [0.2, 0.25) is 0 Å². The molecule has 1 saturated heterocycles. The van der Waals surface area contributed by atoms with Crippen LogP contribution >= 0.6 is 24.0 Å². The summed E-state index contributed by atoms with van der Waals surface area (Å²) in [6.07, 6.45) is 1.91. The van der Waals surface area contributed by atoms with Gasteiger partial charge in [-0.15, -0.1) is 24.0 Å². The van der Waals surface area contributed by atoms with Crippen molar-refractivity contribution in [3.8, 4) is 11.5 Å². The van der Waals surface area contributed by atoms with Crippen molar-refractivity contribution in [1.29, 1.82) is 0 Å². The third-order valence-corrected chi connectivity index (χ3v) is 5.89. The lowest BCUT2D eigenvalue weighted by Crippen LogP contribution is -2.40. The Morgan fingerprint density at radius 1 is 1.09 bits per heavy atom. The van der Waals surface area contributed by atoms with Gasteiger partial charge in [0.1, 0.15) is 0 Å². The average molecular weight is 565 g/mol. The molecule has 0 bridgehead atoms. The molecule has 0 spiro atoms. The first-order valence-electron chi connectivity index (χ1n) is 11.0. The Morgan fingerprint density at radius 2 is 1.82 bits per heavy atom. The summed E-state index contributed by atoms with van der Waals surface area (Å²) in [5, 5.41) is 6.70. The van der Waals surface area contributed by atoms with Crippen molar-refractivity contribution in [2.45, 2.75) is 32.5 Å². The smallest absolute Gasteiger partial charge is 0.231 e. The highest BCUT2D eigenvalue weighted by molar-refractivity contribution is 14.0. The normalized spacial score (nSPS) is 17.8. The first-order chi connectivity index (χ1) is 15.6. The highest BCUT2D eigenvalue weighted by Gasteiger charge is 2.23. The largest absolute Gasteiger partial charge is 0.454 e. The van der Waals surface area contributed by atoms with Crippen molar-refractivity contribution in [3.63, 3.8) is 0 Å². The number of primary amides is 1. The third kappa shape index (κ3) is 6.97. The van der Waals surface area contributed by atoms with E-state index in [0.29, 0.717) is 13.1 Å². The molecule has 2 aromatic rings. The van der Waals surface area contributed by atoms with Crippen LogP contribution in [0.5, 0.6) is 11.5 Å². The minimum absolute atomic E-state index is 0. The zero-order valence-electron chi connectivity index (χ0n) is 18.9. The van der Waals surface area contributed by atoms with Crippen LogP contribution in [0.3, 0.4) is 0 Å². The molecule has 0 saturated carbocycles. The summed E-state index contributed by atoms with van der Waals surface area (Å²) in [5.41, 5.74) is 9.02. The Morgan fingerprint density at radius 3 is 2.58 bits per heavy atom. The van der Waals surface area contributed by atoms with Gasteiger partial charge in [0, 0.05) is 33.2 Å². The maximum absolute atomic E-state index is 11.5. The molecule has 33 heavy (non-hydrogen) atoms. The zero-order chi connectivity index (χ0) is 22.3. The fraction of sp³-hybridized carbons (Fsp3) is 0.417. The van der Waals surface area contributed by atoms with Gasteiger partial charge in [0.05, 0.1) is 5.92 Å². The summed E-state index contributed by atoms with van der Waals surface area (Å²) in [6, 6.07) is 14.4. The third-order valence-electron chi connectivity index (χ3n) is 5.89. The van der Waals surface area contributed by atoms with Crippen molar-refractivity contribution in [3.05, 3.63) is 59.2 Å². The molecule has 1 atom stereocenters. The van der Waals surface area contributed by atoms with Crippen LogP contribution in [0, 0.1) is 5.92 Å². The Balaban J connectivity index is 0.00000306. The van der Waals surface area contributed by atoms with E-state index >= 15 is 0 Å². The van der Waals surface area contributed by atoms with Crippen LogP contribution in [0.4, 0.5) is 0 Å². The molecule has 2 aromatic carbocycles. The molecular formula is C24H32IN5O3. The van der Waals surface area contributed by atoms with E-state index in [9.17, 15) is 4.79 Å². The molecule has 2 aliphatic rings. The molecule has 1 unspecified atom stereocenters. The highest BCUT2D eigenvalue weighted by atomic mass is 127. The number of hydrogen-bond acceptors (Lipinski definition) is 5. The lowest BCUT2D eigenvalue weighted by atomic mass is 9.97. The standard InChI is InChI=1S/C24H31N5O3.HI/c1-26-24(28-13-18-7-8-21-22(11-18)32-16-31-21)27-12-17-4-2-5-19(10-17)14-29-9-3-6-20(15-29)23(25)30;/h2,4-5,7-8,10-11,20H,3,6,9,12-16H2,1H3,(H2,25,30)(H2,26,27,28);1H. The van der Waals surface area contributed by atoms with Gasteiger partial charge in [-0.1, -0.05) is 30.3 Å². The number of carbonyl (C=O) groups is 1. The van der Waals surface area contributed by atoms with Crippen molar-refractivity contribution >= 4 is 35.8 Å². The number of carbonyl (C=O) groups excluding carboxylic acids is 1. The zero-order valence-corrected chi connectivity index (χ0v) is 21.2. The molecule has 9 heteroatoms. The molecule has 8 nitrogen and oxygen atoms in total. The highest BCUT2D eigenvalue weighted by Crippen LogP contribution is 2.32. The van der Waals surface area contributed by atoms with Gasteiger partial charge in [0.15, 0.2) is 17.5 Å². The van der Waals surface area contributed by atoms with Gasteiger partial charge in [0.2, 0.25) is 12.7 Å². The number of fused-ring (bicyclic) bond motifs is 1. The molecule has 4 rings (SSSR count). The SMILES string of the molecule is CN=C(NCc1cccc(CN2CCCC(C(N)=O)C2)c1)NCc1ccc2c(c1)OCO2.I. The number of piperidine rings is 1.